The number of aromatic nitrogens is 2. The molecule has 148 valence electrons. The van der Waals surface area contributed by atoms with Crippen molar-refractivity contribution in [1.29, 1.82) is 0 Å². The molecule has 6 nitrogen and oxygen atoms in total. The van der Waals surface area contributed by atoms with Gasteiger partial charge < -0.3 is 15.0 Å². The molecule has 1 aromatic heterocycles. The van der Waals surface area contributed by atoms with Crippen LogP contribution in [-0.2, 0) is 0 Å². The Balaban J connectivity index is 2.17. The zero-order chi connectivity index (χ0) is 20.1. The second-order valence-corrected chi connectivity index (χ2v) is 7.01. The summed E-state index contributed by atoms with van der Waals surface area (Å²) in [5, 5.41) is 4.07. The van der Waals surface area contributed by atoms with Crippen molar-refractivity contribution in [3.05, 3.63) is 64.7 Å². The van der Waals surface area contributed by atoms with E-state index in [2.05, 4.69) is 10.2 Å². The van der Waals surface area contributed by atoms with Gasteiger partial charge in [-0.2, -0.15) is 0 Å². The summed E-state index contributed by atoms with van der Waals surface area (Å²) in [6, 6.07) is 15.0. The molecule has 0 saturated carbocycles. The van der Waals surface area contributed by atoms with Gasteiger partial charge in [-0.25, -0.2) is 4.98 Å². The van der Waals surface area contributed by atoms with Crippen molar-refractivity contribution in [2.45, 2.75) is 19.9 Å². The molecule has 0 fully saturated rings. The molecule has 0 aliphatic rings. The monoisotopic (exact) mass is 380 g/mol. The molecule has 2 aromatic carbocycles. The Hall–Kier alpha value is -2.70. The van der Waals surface area contributed by atoms with E-state index in [0.717, 1.165) is 13.1 Å². The molecule has 1 N–H and O–H groups in total. The third-order valence-corrected chi connectivity index (χ3v) is 4.60. The number of ether oxygens (including phenoxy) is 1. The second-order valence-electron chi connectivity index (χ2n) is 7.01. The largest absolute Gasteiger partial charge is 0.492 e. The summed E-state index contributed by atoms with van der Waals surface area (Å²) in [4.78, 5) is 20.4. The molecular formula is C22H28N4O2. The molecule has 0 saturated heterocycles. The number of hydrogen-bond acceptors (Lipinski definition) is 5. The normalized spacial score (nSPS) is 12.5. The van der Waals surface area contributed by atoms with Crippen LogP contribution in [0, 0.1) is 0 Å². The fraction of sp³-hybridized carbons (Fsp3) is 0.364. The van der Waals surface area contributed by atoms with Crippen LogP contribution in [0.3, 0.4) is 0 Å². The maximum absolute atomic E-state index is 13.4. The van der Waals surface area contributed by atoms with Gasteiger partial charge in [-0.3, -0.25) is 9.36 Å². The van der Waals surface area contributed by atoms with Crippen LogP contribution in [0.15, 0.2) is 53.3 Å². The minimum absolute atomic E-state index is 0.0889. The number of nitrogens with one attached hydrogen (secondary N) is 1. The van der Waals surface area contributed by atoms with Crippen molar-refractivity contribution in [3.8, 4) is 11.4 Å². The van der Waals surface area contributed by atoms with Gasteiger partial charge >= 0.3 is 0 Å². The van der Waals surface area contributed by atoms with Gasteiger partial charge in [0.15, 0.2) is 0 Å². The summed E-state index contributed by atoms with van der Waals surface area (Å²) in [5.74, 6) is 1.35. The Bertz CT molecular complexity index is 997. The highest BCUT2D eigenvalue weighted by Gasteiger charge is 2.19. The standard InChI is InChI=1S/C22H28N4O2/c1-5-28-20-13-9-8-12-19(20)26-21(16(2)23-14-15-25(3)4)24-18-11-7-6-10-17(18)22(26)27/h6-13,16,23H,5,14-15H2,1-4H3/t16-/m1/s1. The predicted molar refractivity (Wildman–Crippen MR) is 113 cm³/mol. The SMILES string of the molecule is CCOc1ccccc1-n1c([C@@H](C)NCCN(C)C)nc2ccccc2c1=O. The Morgan fingerprint density at radius 2 is 1.86 bits per heavy atom. The number of nitrogens with zero attached hydrogens (tertiary/aromatic N) is 3. The molecular weight excluding hydrogens is 352 g/mol. The van der Waals surface area contributed by atoms with E-state index in [1.807, 2.05) is 76.5 Å². The predicted octanol–water partition coefficient (Wildman–Crippen LogP) is 3.00. The van der Waals surface area contributed by atoms with Crippen LogP contribution in [0.2, 0.25) is 0 Å². The van der Waals surface area contributed by atoms with E-state index in [4.69, 9.17) is 9.72 Å². The minimum atomic E-state index is -0.105. The highest BCUT2D eigenvalue weighted by molar-refractivity contribution is 5.78. The maximum atomic E-state index is 13.4. The fourth-order valence-electron chi connectivity index (χ4n) is 3.19. The van der Waals surface area contributed by atoms with Gasteiger partial charge in [0.2, 0.25) is 0 Å². The van der Waals surface area contributed by atoms with Crippen LogP contribution in [-0.4, -0.2) is 48.2 Å². The number of benzene rings is 2. The molecule has 0 aliphatic carbocycles. The zero-order valence-corrected chi connectivity index (χ0v) is 17.0. The first-order valence-corrected chi connectivity index (χ1v) is 9.65. The van der Waals surface area contributed by atoms with E-state index in [-0.39, 0.29) is 11.6 Å². The van der Waals surface area contributed by atoms with Gasteiger partial charge in [0.1, 0.15) is 11.6 Å². The quantitative estimate of drug-likeness (QED) is 0.651. The lowest BCUT2D eigenvalue weighted by Crippen LogP contribution is -2.33. The van der Waals surface area contributed by atoms with Gasteiger partial charge in [0.05, 0.1) is 29.2 Å². The first-order valence-electron chi connectivity index (χ1n) is 9.65. The number of rotatable bonds is 8. The summed E-state index contributed by atoms with van der Waals surface area (Å²) in [5.41, 5.74) is 1.33. The van der Waals surface area contributed by atoms with E-state index in [1.54, 1.807) is 4.57 Å². The van der Waals surface area contributed by atoms with Gasteiger partial charge in [0, 0.05) is 13.1 Å². The minimum Gasteiger partial charge on any atom is -0.492 e. The molecule has 0 radical (unpaired) electrons. The Kier molecular flexibility index (Phi) is 6.44. The van der Waals surface area contributed by atoms with Crippen molar-refractivity contribution in [1.82, 2.24) is 19.8 Å². The van der Waals surface area contributed by atoms with Crippen molar-refractivity contribution in [2.75, 3.05) is 33.8 Å². The van der Waals surface area contributed by atoms with E-state index in [9.17, 15) is 4.79 Å². The molecule has 1 atom stereocenters. The second kappa shape index (κ2) is 8.99. The lowest BCUT2D eigenvalue weighted by molar-refractivity contribution is 0.338. The summed E-state index contributed by atoms with van der Waals surface area (Å²) < 4.78 is 7.47. The number of hydrogen-bond donors (Lipinski definition) is 1. The summed E-state index contributed by atoms with van der Waals surface area (Å²) in [6.45, 7) is 6.19. The van der Waals surface area contributed by atoms with Gasteiger partial charge in [-0.1, -0.05) is 24.3 Å². The molecule has 0 bridgehead atoms. The first kappa shape index (κ1) is 20.0. The maximum Gasteiger partial charge on any atom is 0.266 e. The average Bonchev–Trinajstić information content (AvgIpc) is 2.68. The zero-order valence-electron chi connectivity index (χ0n) is 17.0. The van der Waals surface area contributed by atoms with Crippen LogP contribution in [0.25, 0.3) is 16.6 Å². The topological polar surface area (TPSA) is 59.4 Å². The smallest absolute Gasteiger partial charge is 0.266 e. The third-order valence-electron chi connectivity index (χ3n) is 4.60. The summed E-state index contributed by atoms with van der Waals surface area (Å²) in [6.07, 6.45) is 0. The van der Waals surface area contributed by atoms with Crippen LogP contribution >= 0.6 is 0 Å². The fourth-order valence-corrected chi connectivity index (χ4v) is 3.19. The number of fused-ring (bicyclic) bond motifs is 1. The average molecular weight is 380 g/mol. The molecule has 28 heavy (non-hydrogen) atoms. The van der Waals surface area contributed by atoms with E-state index < -0.39 is 0 Å². The Morgan fingerprint density at radius 1 is 1.14 bits per heavy atom. The van der Waals surface area contributed by atoms with Crippen LogP contribution in [0.1, 0.15) is 25.7 Å². The lowest BCUT2D eigenvalue weighted by atomic mass is 10.2. The summed E-state index contributed by atoms with van der Waals surface area (Å²) >= 11 is 0. The molecule has 0 amide bonds. The highest BCUT2D eigenvalue weighted by Crippen LogP contribution is 2.25. The van der Waals surface area contributed by atoms with Crippen LogP contribution in [0.4, 0.5) is 0 Å². The van der Waals surface area contributed by atoms with Gasteiger partial charge in [-0.05, 0) is 52.2 Å². The molecule has 3 rings (SSSR count). The van der Waals surface area contributed by atoms with E-state index in [1.165, 1.54) is 0 Å². The first-order chi connectivity index (χ1) is 13.5. The van der Waals surface area contributed by atoms with E-state index >= 15 is 0 Å². The van der Waals surface area contributed by atoms with Gasteiger partial charge in [-0.15, -0.1) is 0 Å². The van der Waals surface area contributed by atoms with Crippen LogP contribution < -0.4 is 15.6 Å². The summed E-state index contributed by atoms with van der Waals surface area (Å²) in [7, 11) is 4.07. The number of para-hydroxylation sites is 3. The van der Waals surface area contributed by atoms with E-state index in [0.29, 0.717) is 34.8 Å². The Labute approximate surface area is 165 Å². The molecule has 6 heteroatoms. The molecule has 0 spiro atoms. The van der Waals surface area contributed by atoms with Crippen molar-refractivity contribution >= 4 is 10.9 Å². The van der Waals surface area contributed by atoms with Crippen molar-refractivity contribution in [2.24, 2.45) is 0 Å². The third kappa shape index (κ3) is 4.24. The highest BCUT2D eigenvalue weighted by atomic mass is 16.5. The Morgan fingerprint density at radius 3 is 2.61 bits per heavy atom. The van der Waals surface area contributed by atoms with Crippen molar-refractivity contribution < 1.29 is 4.74 Å². The van der Waals surface area contributed by atoms with Gasteiger partial charge in [0.25, 0.3) is 5.56 Å². The number of likely N-dealkylation sites (N-methyl/N-ethyl adjacent to an activating group) is 1. The molecule has 0 unspecified atom stereocenters. The molecule has 0 aliphatic heterocycles. The molecule has 1 heterocycles. The van der Waals surface area contributed by atoms with Crippen LogP contribution in [0.5, 0.6) is 5.75 Å². The molecule has 3 aromatic rings. The van der Waals surface area contributed by atoms with Crippen molar-refractivity contribution in [3.63, 3.8) is 0 Å². The lowest BCUT2D eigenvalue weighted by Gasteiger charge is -2.22.